The van der Waals surface area contributed by atoms with E-state index in [0.29, 0.717) is 11.7 Å². The average molecular weight is 444 g/mol. The van der Waals surface area contributed by atoms with Crippen molar-refractivity contribution >= 4 is 11.5 Å². The number of ether oxygens (including phenoxy) is 2. The zero-order valence-electron chi connectivity index (χ0n) is 18.6. The molecule has 0 bridgehead atoms. The van der Waals surface area contributed by atoms with E-state index in [1.54, 1.807) is 20.4 Å². The highest BCUT2D eigenvalue weighted by atomic mass is 16.5. The maximum atomic E-state index is 5.47. The molecule has 1 saturated heterocycles. The quantitative estimate of drug-likeness (QED) is 0.440. The first-order valence-corrected chi connectivity index (χ1v) is 10.8. The van der Waals surface area contributed by atoms with Gasteiger partial charge in [0, 0.05) is 49.7 Å². The molecule has 0 spiro atoms. The lowest BCUT2D eigenvalue weighted by atomic mass is 10.2. The van der Waals surface area contributed by atoms with E-state index < -0.39 is 0 Å². The molecule has 1 aliphatic rings. The van der Waals surface area contributed by atoms with Crippen molar-refractivity contribution in [3.05, 3.63) is 66.9 Å². The summed E-state index contributed by atoms with van der Waals surface area (Å²) in [4.78, 5) is 13.8. The molecule has 1 aliphatic heterocycles. The molecule has 3 heterocycles. The third kappa shape index (κ3) is 4.45. The average Bonchev–Trinajstić information content (AvgIpc) is 3.39. The summed E-state index contributed by atoms with van der Waals surface area (Å²) in [5.41, 5.74) is 2.84. The van der Waals surface area contributed by atoms with Crippen LogP contribution in [0.1, 0.15) is 0 Å². The Morgan fingerprint density at radius 3 is 2.21 bits per heavy atom. The molecule has 8 heteroatoms. The Labute approximate surface area is 192 Å². The van der Waals surface area contributed by atoms with Crippen LogP contribution in [-0.4, -0.2) is 55.5 Å². The molecule has 4 aromatic rings. The Hall–Kier alpha value is -4.07. The first kappa shape index (κ1) is 20.8. The van der Waals surface area contributed by atoms with E-state index >= 15 is 0 Å². The molecule has 0 radical (unpaired) electrons. The smallest absolute Gasteiger partial charge is 0.259 e. The Morgan fingerprint density at radius 2 is 1.52 bits per heavy atom. The Bertz CT molecular complexity index is 1200. The minimum atomic E-state index is 0.447. The van der Waals surface area contributed by atoms with Gasteiger partial charge < -0.3 is 23.8 Å². The lowest BCUT2D eigenvalue weighted by Gasteiger charge is -2.36. The largest absolute Gasteiger partial charge is 0.497 e. The van der Waals surface area contributed by atoms with Gasteiger partial charge in [0.15, 0.2) is 0 Å². The van der Waals surface area contributed by atoms with E-state index in [1.165, 1.54) is 5.69 Å². The van der Waals surface area contributed by atoms with Crippen LogP contribution in [0, 0.1) is 0 Å². The van der Waals surface area contributed by atoms with Gasteiger partial charge in [-0.3, -0.25) is 0 Å². The lowest BCUT2D eigenvalue weighted by molar-refractivity contribution is 0.414. The van der Waals surface area contributed by atoms with Gasteiger partial charge in [-0.1, -0.05) is 11.2 Å². The summed E-state index contributed by atoms with van der Waals surface area (Å²) in [6.45, 7) is 3.63. The molecule has 2 aromatic heterocycles. The van der Waals surface area contributed by atoms with Gasteiger partial charge in [0.1, 0.15) is 17.3 Å². The van der Waals surface area contributed by atoms with Crippen LogP contribution in [-0.2, 0) is 0 Å². The van der Waals surface area contributed by atoms with E-state index in [-0.39, 0.29) is 0 Å². The summed E-state index contributed by atoms with van der Waals surface area (Å²) in [6, 6.07) is 19.7. The van der Waals surface area contributed by atoms with Crippen molar-refractivity contribution in [1.29, 1.82) is 0 Å². The monoisotopic (exact) mass is 443 g/mol. The minimum absolute atomic E-state index is 0.447. The van der Waals surface area contributed by atoms with Crippen LogP contribution in [0.5, 0.6) is 11.5 Å². The second-order valence-electron chi connectivity index (χ2n) is 7.73. The predicted octanol–water partition coefficient (Wildman–Crippen LogP) is 4.14. The van der Waals surface area contributed by atoms with Crippen molar-refractivity contribution in [3.63, 3.8) is 0 Å². The predicted molar refractivity (Wildman–Crippen MR) is 127 cm³/mol. The second-order valence-corrected chi connectivity index (χ2v) is 7.73. The number of piperazine rings is 1. The maximum absolute atomic E-state index is 5.47. The highest BCUT2D eigenvalue weighted by Gasteiger charge is 2.19. The van der Waals surface area contributed by atoms with Gasteiger partial charge >= 0.3 is 0 Å². The van der Waals surface area contributed by atoms with Crippen molar-refractivity contribution < 1.29 is 14.0 Å². The molecule has 0 aliphatic carbocycles. The van der Waals surface area contributed by atoms with E-state index in [9.17, 15) is 0 Å². The molecule has 2 aromatic carbocycles. The summed E-state index contributed by atoms with van der Waals surface area (Å²) in [5.74, 6) is 3.59. The fourth-order valence-corrected chi connectivity index (χ4v) is 3.90. The molecule has 1 fully saturated rings. The molecule has 0 N–H and O–H groups in total. The lowest BCUT2D eigenvalue weighted by Crippen LogP contribution is -2.46. The zero-order chi connectivity index (χ0) is 22.6. The van der Waals surface area contributed by atoms with Gasteiger partial charge in [-0.15, -0.1) is 0 Å². The standard InChI is InChI=1S/C25H25N5O3/c1-31-21-9-6-18(7-10-21)24-27-25(33-28-24)19-8-11-23(26-17-19)30-14-12-29(13-15-30)20-4-3-5-22(16-20)32-2/h3-11,16-17H,12-15H2,1-2H3. The minimum Gasteiger partial charge on any atom is -0.497 e. The van der Waals surface area contributed by atoms with Crippen molar-refractivity contribution in [2.75, 3.05) is 50.2 Å². The normalized spacial score (nSPS) is 13.8. The van der Waals surface area contributed by atoms with Crippen LogP contribution in [0.15, 0.2) is 71.4 Å². The third-order valence-electron chi connectivity index (χ3n) is 5.79. The van der Waals surface area contributed by atoms with Gasteiger partial charge in [0.05, 0.1) is 19.8 Å². The molecule has 8 nitrogen and oxygen atoms in total. The summed E-state index contributed by atoms with van der Waals surface area (Å²) in [5, 5.41) is 4.10. The molecule has 0 unspecified atom stereocenters. The van der Waals surface area contributed by atoms with Crippen molar-refractivity contribution in [3.8, 4) is 34.3 Å². The number of anilines is 2. The van der Waals surface area contributed by atoms with Crippen molar-refractivity contribution in [1.82, 2.24) is 15.1 Å². The molecule has 0 atom stereocenters. The van der Waals surface area contributed by atoms with Gasteiger partial charge in [-0.2, -0.15) is 4.98 Å². The molecule has 168 valence electrons. The number of aromatic nitrogens is 3. The van der Waals surface area contributed by atoms with Crippen LogP contribution >= 0.6 is 0 Å². The molecular formula is C25H25N5O3. The highest BCUT2D eigenvalue weighted by Crippen LogP contribution is 2.26. The fourth-order valence-electron chi connectivity index (χ4n) is 3.90. The van der Waals surface area contributed by atoms with Crippen LogP contribution in [0.25, 0.3) is 22.8 Å². The number of benzene rings is 2. The summed E-state index contributed by atoms with van der Waals surface area (Å²) >= 11 is 0. The van der Waals surface area contributed by atoms with Crippen LogP contribution < -0.4 is 19.3 Å². The van der Waals surface area contributed by atoms with Crippen molar-refractivity contribution in [2.24, 2.45) is 0 Å². The van der Waals surface area contributed by atoms with Crippen LogP contribution in [0.4, 0.5) is 11.5 Å². The summed E-state index contributed by atoms with van der Waals surface area (Å²) in [7, 11) is 3.33. The van der Waals surface area contributed by atoms with Crippen LogP contribution in [0.3, 0.4) is 0 Å². The van der Waals surface area contributed by atoms with Crippen molar-refractivity contribution in [2.45, 2.75) is 0 Å². The number of hydrogen-bond acceptors (Lipinski definition) is 8. The molecule has 5 rings (SSSR count). The van der Waals surface area contributed by atoms with E-state index in [4.69, 9.17) is 14.0 Å². The first-order chi connectivity index (χ1) is 16.2. The summed E-state index contributed by atoms with van der Waals surface area (Å²) < 4.78 is 16.0. The van der Waals surface area contributed by atoms with E-state index in [2.05, 4.69) is 37.1 Å². The van der Waals surface area contributed by atoms with Gasteiger partial charge in [-0.25, -0.2) is 4.98 Å². The highest BCUT2D eigenvalue weighted by molar-refractivity contribution is 5.61. The number of hydrogen-bond donors (Lipinski definition) is 0. The number of methoxy groups -OCH3 is 2. The Kier molecular flexibility index (Phi) is 5.80. The molecule has 33 heavy (non-hydrogen) atoms. The van der Waals surface area contributed by atoms with E-state index in [1.807, 2.05) is 48.5 Å². The van der Waals surface area contributed by atoms with Gasteiger partial charge in [0.2, 0.25) is 5.82 Å². The fraction of sp³-hybridized carbons (Fsp3) is 0.240. The Balaban J connectivity index is 1.23. The molecular weight excluding hydrogens is 418 g/mol. The SMILES string of the molecule is COc1ccc(-c2noc(-c3ccc(N4CCN(c5cccc(OC)c5)CC4)nc3)n2)cc1. The summed E-state index contributed by atoms with van der Waals surface area (Å²) in [6.07, 6.45) is 1.79. The van der Waals surface area contributed by atoms with Gasteiger partial charge in [-0.05, 0) is 48.5 Å². The topological polar surface area (TPSA) is 76.8 Å². The number of nitrogens with zero attached hydrogens (tertiary/aromatic N) is 5. The zero-order valence-corrected chi connectivity index (χ0v) is 18.6. The second kappa shape index (κ2) is 9.20. The Morgan fingerprint density at radius 1 is 0.788 bits per heavy atom. The van der Waals surface area contributed by atoms with Gasteiger partial charge in [0.25, 0.3) is 5.89 Å². The first-order valence-electron chi connectivity index (χ1n) is 10.8. The molecule has 0 saturated carbocycles. The maximum Gasteiger partial charge on any atom is 0.259 e. The number of pyridine rings is 1. The van der Waals surface area contributed by atoms with Crippen LogP contribution in [0.2, 0.25) is 0 Å². The van der Waals surface area contributed by atoms with E-state index in [0.717, 1.165) is 54.6 Å². The third-order valence-corrected chi connectivity index (χ3v) is 5.79. The number of rotatable bonds is 6. The molecule has 0 amide bonds.